The molecule has 2 nitrogen and oxygen atoms in total. The zero-order chi connectivity index (χ0) is 57.7. The minimum absolute atomic E-state index is 1.11. The average Bonchev–Trinajstić information content (AvgIpc) is 1.74. The molecule has 87 heavy (non-hydrogen) atoms. The molecule has 0 spiro atoms. The van der Waals surface area contributed by atoms with Crippen molar-refractivity contribution in [3.05, 3.63) is 352 Å². The van der Waals surface area contributed by atoms with Gasteiger partial charge in [-0.3, -0.25) is 0 Å². The number of para-hydroxylation sites is 1. The fourth-order valence-electron chi connectivity index (χ4n) is 13.4. The SMILES string of the molecule is c1ccc(-c2cccc(S(c3ccccc3)(c3cccc(-c4ccccc4)c3)c3cc(-c4ccccc4)c(-n4c5ccccc5c5cc(-n6c7ccc(-c8ccccc8)cc7c7cc(-c8ccccc8)ccc76)ccc54)c(-c4ccccc4)c3)c2)cc1. The molecule has 2 heterocycles. The lowest BCUT2D eigenvalue weighted by Crippen LogP contribution is -2.08. The van der Waals surface area contributed by atoms with E-state index in [2.05, 4.69) is 361 Å². The van der Waals surface area contributed by atoms with E-state index in [0.717, 1.165) is 44.7 Å². The number of hydrogen-bond donors (Lipinski definition) is 0. The summed E-state index contributed by atoms with van der Waals surface area (Å²) < 4.78 is 5.05. The molecule has 2 aromatic heterocycles. The van der Waals surface area contributed by atoms with Crippen LogP contribution in [0, 0.1) is 0 Å². The predicted molar refractivity (Wildman–Crippen MR) is 368 cm³/mol. The van der Waals surface area contributed by atoms with Gasteiger partial charge in [0.1, 0.15) is 0 Å². The van der Waals surface area contributed by atoms with Crippen LogP contribution in [0.5, 0.6) is 0 Å². The summed E-state index contributed by atoms with van der Waals surface area (Å²) in [5.41, 5.74) is 21.0. The molecular weight excluding hydrogens is 1070 g/mol. The van der Waals surface area contributed by atoms with Gasteiger partial charge in [0.05, 0.1) is 27.8 Å². The molecule has 0 saturated carbocycles. The molecule has 0 amide bonds. The second-order valence-electron chi connectivity index (χ2n) is 22.4. The number of hydrogen-bond acceptors (Lipinski definition) is 0. The van der Waals surface area contributed by atoms with E-state index in [-0.39, 0.29) is 0 Å². The van der Waals surface area contributed by atoms with Gasteiger partial charge in [-0.1, -0.05) is 255 Å². The van der Waals surface area contributed by atoms with Gasteiger partial charge in [-0.15, -0.1) is 10.0 Å². The van der Waals surface area contributed by atoms with Crippen LogP contribution in [0.3, 0.4) is 0 Å². The first-order chi connectivity index (χ1) is 43.2. The molecule has 0 unspecified atom stereocenters. The molecular formula is C84H58N2S. The van der Waals surface area contributed by atoms with Crippen LogP contribution in [0.15, 0.2) is 371 Å². The second kappa shape index (κ2) is 21.9. The Morgan fingerprint density at radius 1 is 0.184 bits per heavy atom. The Morgan fingerprint density at radius 3 is 0.977 bits per heavy atom. The van der Waals surface area contributed by atoms with Crippen LogP contribution < -0.4 is 0 Å². The van der Waals surface area contributed by atoms with E-state index in [1.807, 2.05) is 0 Å². The molecule has 0 aliphatic heterocycles. The Kier molecular flexibility index (Phi) is 13.0. The third kappa shape index (κ3) is 8.99. The van der Waals surface area contributed by atoms with Gasteiger partial charge in [0.15, 0.2) is 0 Å². The van der Waals surface area contributed by atoms with E-state index in [4.69, 9.17) is 0 Å². The van der Waals surface area contributed by atoms with Crippen molar-refractivity contribution in [1.82, 2.24) is 9.13 Å². The van der Waals surface area contributed by atoms with Crippen molar-refractivity contribution in [3.8, 4) is 78.1 Å². The van der Waals surface area contributed by atoms with Crippen molar-refractivity contribution in [2.45, 2.75) is 19.6 Å². The van der Waals surface area contributed by atoms with Gasteiger partial charge >= 0.3 is 0 Å². The van der Waals surface area contributed by atoms with Gasteiger partial charge in [0, 0.05) is 57.9 Å². The number of aromatic nitrogens is 2. The minimum atomic E-state index is -2.32. The Morgan fingerprint density at radius 2 is 0.517 bits per heavy atom. The first kappa shape index (κ1) is 51.7. The van der Waals surface area contributed by atoms with E-state index < -0.39 is 10.0 Å². The normalized spacial score (nSPS) is 11.9. The summed E-state index contributed by atoms with van der Waals surface area (Å²) in [6.07, 6.45) is 0. The Bertz CT molecular complexity index is 4930. The fraction of sp³-hybridized carbons (Fsp3) is 0. The highest BCUT2D eigenvalue weighted by atomic mass is 32.3. The summed E-state index contributed by atoms with van der Waals surface area (Å²) in [4.78, 5) is 5.01. The predicted octanol–water partition coefficient (Wildman–Crippen LogP) is 23.2. The van der Waals surface area contributed by atoms with Crippen molar-refractivity contribution in [1.29, 1.82) is 0 Å². The maximum Gasteiger partial charge on any atom is 0.0619 e. The highest BCUT2D eigenvalue weighted by Gasteiger charge is 2.36. The summed E-state index contributed by atoms with van der Waals surface area (Å²) in [5.74, 6) is 0. The van der Waals surface area contributed by atoms with Crippen molar-refractivity contribution < 1.29 is 0 Å². The van der Waals surface area contributed by atoms with E-state index in [1.54, 1.807) is 0 Å². The van der Waals surface area contributed by atoms with Gasteiger partial charge in [-0.2, -0.15) is 0 Å². The number of benzene rings is 14. The van der Waals surface area contributed by atoms with Crippen molar-refractivity contribution in [3.63, 3.8) is 0 Å². The summed E-state index contributed by atoms with van der Waals surface area (Å²) in [7, 11) is -2.32. The second-order valence-corrected chi connectivity index (χ2v) is 25.5. The van der Waals surface area contributed by atoms with Gasteiger partial charge in [0.2, 0.25) is 0 Å². The van der Waals surface area contributed by atoms with Crippen molar-refractivity contribution in [2.24, 2.45) is 0 Å². The third-order valence-electron chi connectivity index (χ3n) is 17.4. The van der Waals surface area contributed by atoms with E-state index in [1.165, 1.54) is 96.7 Å². The van der Waals surface area contributed by atoms with Gasteiger partial charge < -0.3 is 9.13 Å². The summed E-state index contributed by atoms with van der Waals surface area (Å²) >= 11 is 0. The molecule has 3 heteroatoms. The molecule has 14 aromatic carbocycles. The third-order valence-corrected chi connectivity index (χ3v) is 21.3. The highest BCUT2D eigenvalue weighted by Crippen LogP contribution is 2.75. The van der Waals surface area contributed by atoms with Crippen LogP contribution in [0.2, 0.25) is 0 Å². The van der Waals surface area contributed by atoms with E-state index in [9.17, 15) is 0 Å². The van der Waals surface area contributed by atoms with Crippen LogP contribution in [-0.2, 0) is 0 Å². The molecule has 0 aliphatic rings. The number of fused-ring (bicyclic) bond motifs is 6. The molecule has 0 saturated heterocycles. The largest absolute Gasteiger partial charge is 0.309 e. The topological polar surface area (TPSA) is 9.86 Å². The first-order valence-electron chi connectivity index (χ1n) is 29.9. The minimum Gasteiger partial charge on any atom is -0.309 e. The average molecular weight is 1130 g/mol. The van der Waals surface area contributed by atoms with Crippen molar-refractivity contribution >= 4 is 53.6 Å². The quantitative estimate of drug-likeness (QED) is 0.115. The maximum atomic E-state index is 2.57. The number of nitrogens with zero attached hydrogens (tertiary/aromatic N) is 2. The van der Waals surface area contributed by atoms with Crippen LogP contribution in [0.4, 0.5) is 0 Å². The van der Waals surface area contributed by atoms with Gasteiger partial charge in [0.25, 0.3) is 0 Å². The maximum absolute atomic E-state index is 2.57. The standard InChI is InChI=1S/C84H58N2S/c1-8-26-59(27-9-1)65-38-24-42-71(52-65)87(70-40-20-7-21-41-70,72-43-25-39-66(53-72)60-28-10-2-11-29-60)73-57-75(63-34-16-5-17-35-63)84(76(58-73)64-36-18-6-19-37-64)86-80-45-23-22-44-74(80)79-56-69(48-51-83(79)86)85-81-49-46-67(61-30-12-3-13-31-61)54-77(81)78-55-68(47-50-82(78)85)62-32-14-4-15-33-62/h1-58H. The molecule has 0 fully saturated rings. The molecule has 0 atom stereocenters. The van der Waals surface area contributed by atoms with Crippen molar-refractivity contribution in [2.75, 3.05) is 0 Å². The van der Waals surface area contributed by atoms with Crippen LogP contribution >= 0.6 is 10.0 Å². The van der Waals surface area contributed by atoms with Gasteiger partial charge in [-0.05, 0) is 153 Å². The lowest BCUT2D eigenvalue weighted by atomic mass is 9.95. The zero-order valence-corrected chi connectivity index (χ0v) is 48.6. The summed E-state index contributed by atoms with van der Waals surface area (Å²) in [6.45, 7) is 0. The van der Waals surface area contributed by atoms with Crippen LogP contribution in [0.1, 0.15) is 0 Å². The van der Waals surface area contributed by atoms with E-state index >= 15 is 0 Å². The fourth-order valence-corrected chi connectivity index (χ4v) is 17.4. The lowest BCUT2D eigenvalue weighted by molar-refractivity contribution is 1.16. The molecule has 16 aromatic rings. The molecule has 16 rings (SSSR count). The first-order valence-corrected chi connectivity index (χ1v) is 31.5. The molecule has 0 radical (unpaired) electrons. The smallest absolute Gasteiger partial charge is 0.0619 e. The molecule has 0 bridgehead atoms. The molecule has 410 valence electrons. The van der Waals surface area contributed by atoms with Crippen LogP contribution in [-0.4, -0.2) is 9.13 Å². The Balaban J connectivity index is 0.987. The summed E-state index contributed by atoms with van der Waals surface area (Å²) in [6, 6.07) is 131. The van der Waals surface area contributed by atoms with Crippen LogP contribution in [0.25, 0.3) is 122 Å². The Labute approximate surface area is 509 Å². The van der Waals surface area contributed by atoms with E-state index in [0.29, 0.717) is 0 Å². The zero-order valence-electron chi connectivity index (χ0n) is 47.8. The molecule has 0 aliphatic carbocycles. The monoisotopic (exact) mass is 1130 g/mol. The molecule has 0 N–H and O–H groups in total. The number of rotatable bonds is 12. The lowest BCUT2D eigenvalue weighted by Gasteiger charge is -2.43. The summed E-state index contributed by atoms with van der Waals surface area (Å²) in [5, 5.41) is 4.81. The van der Waals surface area contributed by atoms with Gasteiger partial charge in [-0.25, -0.2) is 0 Å². The highest BCUT2D eigenvalue weighted by molar-refractivity contribution is 8.34. The Hall–Kier alpha value is -11.0.